The van der Waals surface area contributed by atoms with Crippen LogP contribution in [0.3, 0.4) is 0 Å². The van der Waals surface area contributed by atoms with Crippen molar-refractivity contribution in [3.63, 3.8) is 0 Å². The molecule has 0 aliphatic heterocycles. The summed E-state index contributed by atoms with van der Waals surface area (Å²) in [6.45, 7) is 6.09. The first-order valence-corrected chi connectivity index (χ1v) is 7.34. The Hall–Kier alpha value is -0.720. The van der Waals surface area contributed by atoms with E-state index in [4.69, 9.17) is 11.6 Å². The smallest absolute Gasteiger partial charge is 0.224 e. The van der Waals surface area contributed by atoms with Crippen molar-refractivity contribution in [3.05, 3.63) is 31.5 Å². The van der Waals surface area contributed by atoms with E-state index in [9.17, 15) is 0 Å². The zero-order valence-corrected chi connectivity index (χ0v) is 13.3. The van der Waals surface area contributed by atoms with Crippen LogP contribution in [0, 0.1) is 13.8 Å². The van der Waals surface area contributed by atoms with E-state index in [0.717, 1.165) is 15.2 Å². The number of rotatable bonds is 3. The van der Waals surface area contributed by atoms with Crippen LogP contribution < -0.4 is 5.32 Å². The van der Waals surface area contributed by atoms with Crippen LogP contribution in [0.1, 0.15) is 28.5 Å². The topological polar surface area (TPSA) is 50.7 Å². The summed E-state index contributed by atoms with van der Waals surface area (Å²) in [5.41, 5.74) is 1.05. The Kier molecular flexibility index (Phi) is 4.19. The summed E-state index contributed by atoms with van der Waals surface area (Å²) in [7, 11) is 0. The van der Waals surface area contributed by atoms with Gasteiger partial charge in [0.05, 0.1) is 21.2 Å². The van der Waals surface area contributed by atoms with E-state index in [1.54, 1.807) is 17.5 Å². The third-order valence-electron chi connectivity index (χ3n) is 2.40. The number of hydrogen-bond acceptors (Lipinski definition) is 5. The molecule has 0 aliphatic rings. The molecule has 1 N–H and O–H groups in total. The van der Waals surface area contributed by atoms with Crippen molar-refractivity contribution in [2.24, 2.45) is 0 Å². The largest absolute Gasteiger partial charge is 0.362 e. The first-order valence-electron chi connectivity index (χ1n) is 5.36. The summed E-state index contributed by atoms with van der Waals surface area (Å²) in [4.78, 5) is 13.7. The molecule has 0 aliphatic carbocycles. The van der Waals surface area contributed by atoms with Crippen molar-refractivity contribution in [2.75, 3.05) is 5.32 Å². The summed E-state index contributed by atoms with van der Waals surface area (Å²) in [6.07, 6.45) is 1.63. The van der Waals surface area contributed by atoms with Gasteiger partial charge in [0, 0.05) is 11.1 Å². The highest BCUT2D eigenvalue weighted by Crippen LogP contribution is 2.29. The molecule has 96 valence electrons. The lowest BCUT2D eigenvalue weighted by Crippen LogP contribution is -2.08. The van der Waals surface area contributed by atoms with Crippen LogP contribution in [-0.2, 0) is 0 Å². The Bertz CT molecular complexity index is 572. The molecule has 0 spiro atoms. The Morgan fingerprint density at radius 2 is 2.11 bits per heavy atom. The summed E-state index contributed by atoms with van der Waals surface area (Å²) >= 11 is 10.9. The number of nitrogens with one attached hydrogen (secondary N) is 1. The molecule has 0 bridgehead atoms. The third-order valence-corrected chi connectivity index (χ3v) is 4.42. The van der Waals surface area contributed by atoms with E-state index in [-0.39, 0.29) is 11.3 Å². The van der Waals surface area contributed by atoms with Crippen molar-refractivity contribution in [1.29, 1.82) is 0 Å². The molecule has 0 fully saturated rings. The maximum atomic E-state index is 5.79. The minimum absolute atomic E-state index is 0.124. The van der Waals surface area contributed by atoms with E-state index in [0.29, 0.717) is 5.82 Å². The molecule has 2 heterocycles. The molecule has 2 rings (SSSR count). The van der Waals surface area contributed by atoms with Gasteiger partial charge in [-0.1, -0.05) is 0 Å². The van der Waals surface area contributed by atoms with E-state index in [2.05, 4.69) is 43.1 Å². The summed E-state index contributed by atoms with van der Waals surface area (Å²) in [6, 6.07) is 0.124. The standard InChI is InChI=1S/C11H12BrClN4S/c1-5-9(18-7(3)15-5)6(2)16-10-8(12)4-14-11(13)17-10/h4,6H,1-3H3,(H,14,16,17). The number of thiazole rings is 1. The number of anilines is 1. The Balaban J connectivity index is 2.23. The van der Waals surface area contributed by atoms with Gasteiger partial charge in [0.25, 0.3) is 0 Å². The number of aryl methyl sites for hydroxylation is 2. The lowest BCUT2D eigenvalue weighted by Gasteiger charge is -2.14. The molecule has 18 heavy (non-hydrogen) atoms. The third kappa shape index (κ3) is 2.99. The summed E-state index contributed by atoms with van der Waals surface area (Å²) < 4.78 is 0.789. The number of aromatic nitrogens is 3. The van der Waals surface area contributed by atoms with E-state index < -0.39 is 0 Å². The quantitative estimate of drug-likeness (QED) is 0.848. The van der Waals surface area contributed by atoms with Gasteiger partial charge in [-0.3, -0.25) is 0 Å². The van der Waals surface area contributed by atoms with Crippen molar-refractivity contribution < 1.29 is 0 Å². The fourth-order valence-corrected chi connectivity index (χ4v) is 3.03. The van der Waals surface area contributed by atoms with Crippen molar-refractivity contribution in [2.45, 2.75) is 26.8 Å². The molecule has 2 aromatic rings. The van der Waals surface area contributed by atoms with Crippen molar-refractivity contribution >= 4 is 44.7 Å². The van der Waals surface area contributed by atoms with Gasteiger partial charge in [-0.05, 0) is 48.3 Å². The molecular weight excluding hydrogens is 336 g/mol. The van der Waals surface area contributed by atoms with Crippen molar-refractivity contribution in [1.82, 2.24) is 15.0 Å². The molecule has 0 amide bonds. The van der Waals surface area contributed by atoms with Crippen LogP contribution in [0.15, 0.2) is 10.7 Å². The molecule has 7 heteroatoms. The van der Waals surface area contributed by atoms with Crippen LogP contribution >= 0.6 is 38.9 Å². The maximum absolute atomic E-state index is 5.79. The van der Waals surface area contributed by atoms with E-state index in [1.165, 1.54) is 4.88 Å². The van der Waals surface area contributed by atoms with Crippen LogP contribution in [0.5, 0.6) is 0 Å². The van der Waals surface area contributed by atoms with Gasteiger partial charge in [-0.25, -0.2) is 9.97 Å². The molecule has 4 nitrogen and oxygen atoms in total. The van der Waals surface area contributed by atoms with Gasteiger partial charge in [0.15, 0.2) is 0 Å². The molecule has 0 radical (unpaired) electrons. The second kappa shape index (κ2) is 5.50. The van der Waals surface area contributed by atoms with Crippen molar-refractivity contribution in [3.8, 4) is 0 Å². The van der Waals surface area contributed by atoms with Gasteiger partial charge < -0.3 is 5.32 Å². The van der Waals surface area contributed by atoms with Gasteiger partial charge in [-0.15, -0.1) is 11.3 Å². The zero-order chi connectivity index (χ0) is 13.3. The average Bonchev–Trinajstić information content (AvgIpc) is 2.63. The maximum Gasteiger partial charge on any atom is 0.224 e. The highest BCUT2D eigenvalue weighted by molar-refractivity contribution is 9.10. The molecule has 0 aromatic carbocycles. The number of hydrogen-bond donors (Lipinski definition) is 1. The first-order chi connectivity index (χ1) is 8.47. The molecule has 0 saturated carbocycles. The fourth-order valence-electron chi connectivity index (χ4n) is 1.67. The summed E-state index contributed by atoms with van der Waals surface area (Å²) in [5, 5.41) is 4.60. The first kappa shape index (κ1) is 13.7. The highest BCUT2D eigenvalue weighted by atomic mass is 79.9. The van der Waals surface area contributed by atoms with Gasteiger partial charge in [0.1, 0.15) is 5.82 Å². The molecule has 1 atom stereocenters. The Labute approximate surface area is 123 Å². The SMILES string of the molecule is Cc1nc(C)c(C(C)Nc2nc(Cl)ncc2Br)s1. The van der Waals surface area contributed by atoms with E-state index in [1.807, 2.05) is 13.8 Å². The van der Waals surface area contributed by atoms with Crippen LogP contribution in [-0.4, -0.2) is 15.0 Å². The highest BCUT2D eigenvalue weighted by Gasteiger charge is 2.15. The molecule has 0 saturated heterocycles. The zero-order valence-electron chi connectivity index (χ0n) is 10.2. The predicted molar refractivity (Wildman–Crippen MR) is 78.4 cm³/mol. The van der Waals surface area contributed by atoms with Gasteiger partial charge >= 0.3 is 0 Å². The minimum Gasteiger partial charge on any atom is -0.362 e. The van der Waals surface area contributed by atoms with Gasteiger partial charge in [-0.2, -0.15) is 4.98 Å². The van der Waals surface area contributed by atoms with Crippen LogP contribution in [0.4, 0.5) is 5.82 Å². The summed E-state index contributed by atoms with van der Waals surface area (Å²) in [5.74, 6) is 0.688. The van der Waals surface area contributed by atoms with E-state index >= 15 is 0 Å². The second-order valence-corrected chi connectivity index (χ2v) is 6.31. The monoisotopic (exact) mass is 346 g/mol. The van der Waals surface area contributed by atoms with Crippen LogP contribution in [0.2, 0.25) is 5.28 Å². The normalized spacial score (nSPS) is 12.5. The Morgan fingerprint density at radius 3 is 2.72 bits per heavy atom. The number of halogens is 2. The average molecular weight is 348 g/mol. The van der Waals surface area contributed by atoms with Gasteiger partial charge in [0.2, 0.25) is 5.28 Å². The molecule has 1 unspecified atom stereocenters. The second-order valence-electron chi connectivity index (χ2n) is 3.88. The lowest BCUT2D eigenvalue weighted by atomic mass is 10.2. The molecular formula is C11H12BrClN4S. The van der Waals surface area contributed by atoms with Crippen LogP contribution in [0.25, 0.3) is 0 Å². The Morgan fingerprint density at radius 1 is 1.39 bits per heavy atom. The minimum atomic E-state index is 0.124. The number of nitrogens with zero attached hydrogens (tertiary/aromatic N) is 3. The lowest BCUT2D eigenvalue weighted by molar-refractivity contribution is 0.875. The fraction of sp³-hybridized carbons (Fsp3) is 0.364. The predicted octanol–water partition coefficient (Wildman–Crippen LogP) is 4.14. The molecule has 2 aromatic heterocycles.